The first-order valence-corrected chi connectivity index (χ1v) is 13.2. The maximum absolute atomic E-state index is 11.5. The molecular formula is C23H40N4O2S. The van der Waals surface area contributed by atoms with E-state index in [1.165, 1.54) is 38.7 Å². The number of benzene rings is 1. The minimum atomic E-state index is -3.14. The molecule has 6 nitrogen and oxygen atoms in total. The highest BCUT2D eigenvalue weighted by Gasteiger charge is 2.20. The van der Waals surface area contributed by atoms with Crippen LogP contribution >= 0.6 is 0 Å². The molecule has 0 amide bonds. The van der Waals surface area contributed by atoms with Crippen molar-refractivity contribution in [3.8, 4) is 0 Å². The van der Waals surface area contributed by atoms with Gasteiger partial charge in [0.15, 0.2) is 15.8 Å². The van der Waals surface area contributed by atoms with E-state index in [-0.39, 0.29) is 0 Å². The first-order valence-electron chi connectivity index (χ1n) is 11.3. The van der Waals surface area contributed by atoms with Crippen LogP contribution in [-0.2, 0) is 16.3 Å². The Labute approximate surface area is 183 Å². The van der Waals surface area contributed by atoms with Gasteiger partial charge in [0.1, 0.15) is 0 Å². The standard InChI is InChI=1S/C23H40N4O2S/c1-5-24-23(25-13-6-7-15-27-17-19(2)16-20(3)18-27)26-14-12-21-8-10-22(11-9-21)30(4,28)29/h8-11,19-20H,5-7,12-18H2,1-4H3,(H2,24,25,26). The van der Waals surface area contributed by atoms with E-state index < -0.39 is 9.84 Å². The zero-order valence-corrected chi connectivity index (χ0v) is 20.0. The number of piperidine rings is 1. The van der Waals surface area contributed by atoms with Crippen LogP contribution in [0.25, 0.3) is 0 Å². The van der Waals surface area contributed by atoms with Crippen LogP contribution in [0, 0.1) is 11.8 Å². The highest BCUT2D eigenvalue weighted by molar-refractivity contribution is 7.90. The van der Waals surface area contributed by atoms with Gasteiger partial charge in [-0.25, -0.2) is 8.42 Å². The highest BCUT2D eigenvalue weighted by atomic mass is 32.2. The minimum Gasteiger partial charge on any atom is -0.357 e. The Kier molecular flexibility index (Phi) is 10.1. The molecule has 1 aliphatic heterocycles. The van der Waals surface area contributed by atoms with Crippen molar-refractivity contribution >= 4 is 15.8 Å². The number of nitrogens with zero attached hydrogens (tertiary/aromatic N) is 2. The van der Waals surface area contributed by atoms with E-state index in [0.717, 1.165) is 55.8 Å². The smallest absolute Gasteiger partial charge is 0.191 e. The molecule has 2 N–H and O–H groups in total. The lowest BCUT2D eigenvalue weighted by atomic mass is 9.92. The number of guanidine groups is 1. The number of hydrogen-bond donors (Lipinski definition) is 2. The fraction of sp³-hybridized carbons (Fsp3) is 0.696. The van der Waals surface area contributed by atoms with Crippen LogP contribution in [0.15, 0.2) is 34.2 Å². The van der Waals surface area contributed by atoms with Gasteiger partial charge in [-0.1, -0.05) is 26.0 Å². The molecule has 1 aliphatic rings. The van der Waals surface area contributed by atoms with Crippen molar-refractivity contribution in [2.45, 2.75) is 51.3 Å². The monoisotopic (exact) mass is 436 g/mol. The van der Waals surface area contributed by atoms with Crippen molar-refractivity contribution in [3.63, 3.8) is 0 Å². The molecule has 1 saturated heterocycles. The van der Waals surface area contributed by atoms with E-state index in [4.69, 9.17) is 4.99 Å². The number of unbranched alkanes of at least 4 members (excludes halogenated alkanes) is 1. The molecule has 2 rings (SSSR count). The number of nitrogens with one attached hydrogen (secondary N) is 2. The normalized spacial score (nSPS) is 20.9. The summed E-state index contributed by atoms with van der Waals surface area (Å²) in [5, 5.41) is 6.68. The first kappa shape index (κ1) is 24.7. The SMILES string of the molecule is CCNC(=NCCCCN1CC(C)CC(C)C1)NCCc1ccc(S(C)(=O)=O)cc1. The molecule has 0 aliphatic carbocycles. The second kappa shape index (κ2) is 12.3. The molecular weight excluding hydrogens is 396 g/mol. The van der Waals surface area contributed by atoms with Crippen LogP contribution in [0.2, 0.25) is 0 Å². The summed E-state index contributed by atoms with van der Waals surface area (Å²) in [4.78, 5) is 7.68. The quantitative estimate of drug-likeness (QED) is 0.335. The molecule has 0 saturated carbocycles. The van der Waals surface area contributed by atoms with Gasteiger partial charge in [0.05, 0.1) is 4.90 Å². The van der Waals surface area contributed by atoms with Crippen LogP contribution in [0.1, 0.15) is 45.6 Å². The molecule has 30 heavy (non-hydrogen) atoms. The van der Waals surface area contributed by atoms with E-state index in [2.05, 4.69) is 36.3 Å². The Hall–Kier alpha value is -1.60. The molecule has 7 heteroatoms. The van der Waals surface area contributed by atoms with E-state index in [1.54, 1.807) is 12.1 Å². The van der Waals surface area contributed by atoms with Gasteiger partial charge in [-0.2, -0.15) is 0 Å². The number of aliphatic imine (C=N–C) groups is 1. The van der Waals surface area contributed by atoms with Crippen molar-refractivity contribution < 1.29 is 8.42 Å². The molecule has 0 radical (unpaired) electrons. The van der Waals surface area contributed by atoms with Gasteiger partial charge >= 0.3 is 0 Å². The lowest BCUT2D eigenvalue weighted by molar-refractivity contribution is 0.139. The first-order chi connectivity index (χ1) is 14.3. The van der Waals surface area contributed by atoms with Crippen LogP contribution < -0.4 is 10.6 Å². The van der Waals surface area contributed by atoms with E-state index in [0.29, 0.717) is 4.90 Å². The summed E-state index contributed by atoms with van der Waals surface area (Å²) in [5.41, 5.74) is 1.11. The molecule has 0 spiro atoms. The lowest BCUT2D eigenvalue weighted by Crippen LogP contribution is -2.39. The number of hydrogen-bond acceptors (Lipinski definition) is 4. The van der Waals surface area contributed by atoms with Crippen molar-refractivity contribution in [1.82, 2.24) is 15.5 Å². The Morgan fingerprint density at radius 2 is 1.77 bits per heavy atom. The van der Waals surface area contributed by atoms with Crippen LogP contribution in [-0.4, -0.2) is 64.8 Å². The maximum atomic E-state index is 11.5. The summed E-state index contributed by atoms with van der Waals surface area (Å²) in [6, 6.07) is 7.11. The molecule has 0 bridgehead atoms. The van der Waals surface area contributed by atoms with Gasteiger partial charge in [0.2, 0.25) is 0 Å². The number of sulfone groups is 1. The molecule has 1 fully saturated rings. The third-order valence-corrected chi connectivity index (χ3v) is 6.63. The van der Waals surface area contributed by atoms with E-state index in [1.807, 2.05) is 12.1 Å². The van der Waals surface area contributed by atoms with E-state index >= 15 is 0 Å². The van der Waals surface area contributed by atoms with Crippen molar-refractivity contribution in [3.05, 3.63) is 29.8 Å². The van der Waals surface area contributed by atoms with Crippen molar-refractivity contribution in [2.24, 2.45) is 16.8 Å². The van der Waals surface area contributed by atoms with Crippen molar-refractivity contribution in [1.29, 1.82) is 0 Å². The van der Waals surface area contributed by atoms with E-state index in [9.17, 15) is 8.42 Å². The molecule has 1 aromatic carbocycles. The number of likely N-dealkylation sites (tertiary alicyclic amines) is 1. The topological polar surface area (TPSA) is 73.8 Å². The predicted octanol–water partition coefficient (Wildman–Crippen LogP) is 2.95. The van der Waals surface area contributed by atoms with Gasteiger partial charge in [0.25, 0.3) is 0 Å². The molecule has 170 valence electrons. The average molecular weight is 437 g/mol. The summed E-state index contributed by atoms with van der Waals surface area (Å²) in [7, 11) is -3.14. The number of rotatable bonds is 10. The second-order valence-electron chi connectivity index (χ2n) is 8.77. The summed E-state index contributed by atoms with van der Waals surface area (Å²) in [6.07, 6.45) is 5.70. The fourth-order valence-electron chi connectivity index (χ4n) is 4.18. The largest absolute Gasteiger partial charge is 0.357 e. The summed E-state index contributed by atoms with van der Waals surface area (Å²) >= 11 is 0. The third kappa shape index (κ3) is 9.04. The van der Waals surface area contributed by atoms with Crippen LogP contribution in [0.5, 0.6) is 0 Å². The Bertz CT molecular complexity index is 752. The van der Waals surface area contributed by atoms with Gasteiger partial charge in [-0.05, 0) is 68.7 Å². The summed E-state index contributed by atoms with van der Waals surface area (Å²) in [5.74, 6) is 2.49. The zero-order chi connectivity index (χ0) is 22.0. The second-order valence-corrected chi connectivity index (χ2v) is 10.8. The van der Waals surface area contributed by atoms with Gasteiger partial charge in [-0.3, -0.25) is 4.99 Å². The maximum Gasteiger partial charge on any atom is 0.191 e. The van der Waals surface area contributed by atoms with Gasteiger partial charge < -0.3 is 15.5 Å². The summed E-state index contributed by atoms with van der Waals surface area (Å²) in [6.45, 7) is 12.9. The molecule has 0 aromatic heterocycles. The minimum absolute atomic E-state index is 0.363. The fourth-order valence-corrected chi connectivity index (χ4v) is 4.81. The lowest BCUT2D eigenvalue weighted by Gasteiger charge is -2.34. The Morgan fingerprint density at radius 1 is 1.10 bits per heavy atom. The molecule has 1 heterocycles. The molecule has 2 atom stereocenters. The van der Waals surface area contributed by atoms with Gasteiger partial charge in [0, 0.05) is 39.0 Å². The average Bonchev–Trinajstić information content (AvgIpc) is 2.66. The highest BCUT2D eigenvalue weighted by Crippen LogP contribution is 2.21. The Balaban J connectivity index is 1.69. The Morgan fingerprint density at radius 3 is 2.37 bits per heavy atom. The van der Waals surface area contributed by atoms with Crippen molar-refractivity contribution in [2.75, 3.05) is 45.5 Å². The predicted molar refractivity (Wildman–Crippen MR) is 126 cm³/mol. The molecule has 2 unspecified atom stereocenters. The van der Waals surface area contributed by atoms with Crippen LogP contribution in [0.3, 0.4) is 0 Å². The zero-order valence-electron chi connectivity index (χ0n) is 19.2. The third-order valence-electron chi connectivity index (χ3n) is 5.50. The van der Waals surface area contributed by atoms with Gasteiger partial charge in [-0.15, -0.1) is 0 Å². The summed E-state index contributed by atoms with van der Waals surface area (Å²) < 4.78 is 23.1. The van der Waals surface area contributed by atoms with Crippen LogP contribution in [0.4, 0.5) is 0 Å². The molecule has 1 aromatic rings.